The van der Waals surface area contributed by atoms with Crippen LogP contribution in [0, 0.1) is 18.6 Å². The minimum absolute atomic E-state index is 0.266. The Morgan fingerprint density at radius 1 is 1.15 bits per heavy atom. The standard InChI is InChI=1S/C18H16F2N4OS2/c1-10-6-7-14(9-15(10)20)21-16(25)11(2)26-18-24-23-17(27-18)22-13-5-3-4-12(19)8-13/h3-9,11H,1-2H3,(H,21,25)(H,22,23)/t11-/m0/s1. The number of thioether (sulfide) groups is 1. The van der Waals surface area contributed by atoms with Crippen molar-refractivity contribution in [2.24, 2.45) is 0 Å². The highest BCUT2D eigenvalue weighted by atomic mass is 32.2. The average Bonchev–Trinajstić information content (AvgIpc) is 3.05. The molecular weight excluding hydrogens is 390 g/mol. The van der Waals surface area contributed by atoms with Crippen molar-refractivity contribution in [1.82, 2.24) is 10.2 Å². The van der Waals surface area contributed by atoms with Gasteiger partial charge < -0.3 is 10.6 Å². The summed E-state index contributed by atoms with van der Waals surface area (Å²) in [7, 11) is 0. The summed E-state index contributed by atoms with van der Waals surface area (Å²) in [6.45, 7) is 3.38. The molecule has 0 saturated carbocycles. The largest absolute Gasteiger partial charge is 0.330 e. The molecule has 0 fully saturated rings. The number of carbonyl (C=O) groups excluding carboxylic acids is 1. The molecule has 0 aliphatic carbocycles. The molecule has 1 atom stereocenters. The summed E-state index contributed by atoms with van der Waals surface area (Å²) in [5.41, 5.74) is 1.48. The van der Waals surface area contributed by atoms with Crippen LogP contribution < -0.4 is 10.6 Å². The molecule has 140 valence electrons. The molecule has 0 bridgehead atoms. The summed E-state index contributed by atoms with van der Waals surface area (Å²) in [5, 5.41) is 13.7. The van der Waals surface area contributed by atoms with E-state index in [0.717, 1.165) is 0 Å². The molecule has 9 heteroatoms. The van der Waals surface area contributed by atoms with Gasteiger partial charge in [0, 0.05) is 11.4 Å². The number of halogens is 2. The van der Waals surface area contributed by atoms with Crippen molar-refractivity contribution in [3.63, 3.8) is 0 Å². The zero-order chi connectivity index (χ0) is 19.4. The van der Waals surface area contributed by atoms with Crippen molar-refractivity contribution < 1.29 is 13.6 Å². The van der Waals surface area contributed by atoms with Gasteiger partial charge in [0.2, 0.25) is 11.0 Å². The van der Waals surface area contributed by atoms with Crippen LogP contribution in [0.3, 0.4) is 0 Å². The minimum atomic E-state index is -0.454. The Labute approximate surface area is 163 Å². The molecule has 5 nitrogen and oxygen atoms in total. The van der Waals surface area contributed by atoms with Gasteiger partial charge in [-0.15, -0.1) is 10.2 Å². The lowest BCUT2D eigenvalue weighted by Gasteiger charge is -2.10. The van der Waals surface area contributed by atoms with E-state index in [-0.39, 0.29) is 17.5 Å². The zero-order valence-corrected chi connectivity index (χ0v) is 16.1. The normalized spacial score (nSPS) is 11.9. The molecule has 1 heterocycles. The van der Waals surface area contributed by atoms with Gasteiger partial charge in [-0.2, -0.15) is 0 Å². The van der Waals surface area contributed by atoms with Crippen LogP contribution in [0.1, 0.15) is 12.5 Å². The van der Waals surface area contributed by atoms with Crippen LogP contribution >= 0.6 is 23.1 Å². The fourth-order valence-electron chi connectivity index (χ4n) is 2.12. The van der Waals surface area contributed by atoms with E-state index >= 15 is 0 Å². The number of hydrogen-bond donors (Lipinski definition) is 2. The second-order valence-corrected chi connectivity index (χ2v) is 8.29. The van der Waals surface area contributed by atoms with Crippen LogP contribution in [0.15, 0.2) is 46.8 Å². The highest BCUT2D eigenvalue weighted by Crippen LogP contribution is 2.31. The molecule has 0 radical (unpaired) electrons. The number of aromatic nitrogens is 2. The number of nitrogens with zero attached hydrogens (tertiary/aromatic N) is 2. The first-order chi connectivity index (χ1) is 12.9. The fourth-order valence-corrected chi connectivity index (χ4v) is 4.03. The highest BCUT2D eigenvalue weighted by molar-refractivity contribution is 8.02. The Balaban J connectivity index is 1.58. The highest BCUT2D eigenvalue weighted by Gasteiger charge is 2.18. The maximum atomic E-state index is 13.6. The predicted octanol–water partition coefficient (Wildman–Crippen LogP) is 4.99. The Morgan fingerprint density at radius 3 is 2.70 bits per heavy atom. The first-order valence-electron chi connectivity index (χ1n) is 8.00. The summed E-state index contributed by atoms with van der Waals surface area (Å²) in [5.74, 6) is -0.986. The van der Waals surface area contributed by atoms with Crippen molar-refractivity contribution in [3.05, 3.63) is 59.7 Å². The number of aryl methyl sites for hydroxylation is 1. The van der Waals surface area contributed by atoms with Crippen LogP contribution in [0.4, 0.5) is 25.3 Å². The lowest BCUT2D eigenvalue weighted by atomic mass is 10.2. The molecular formula is C18H16F2N4OS2. The van der Waals surface area contributed by atoms with E-state index in [1.807, 2.05) is 0 Å². The average molecular weight is 406 g/mol. The molecule has 1 amide bonds. The van der Waals surface area contributed by atoms with Crippen LogP contribution in [0.2, 0.25) is 0 Å². The van der Waals surface area contributed by atoms with Crippen molar-refractivity contribution >= 4 is 45.5 Å². The summed E-state index contributed by atoms with van der Waals surface area (Å²) in [6.07, 6.45) is 0. The van der Waals surface area contributed by atoms with Gasteiger partial charge in [0.25, 0.3) is 0 Å². The predicted molar refractivity (Wildman–Crippen MR) is 105 cm³/mol. The maximum Gasteiger partial charge on any atom is 0.237 e. The van der Waals surface area contributed by atoms with Crippen molar-refractivity contribution in [2.45, 2.75) is 23.4 Å². The number of anilines is 3. The SMILES string of the molecule is Cc1ccc(NC(=O)[C@H](C)Sc2nnc(Nc3cccc(F)c3)s2)cc1F. The molecule has 3 aromatic rings. The third-order valence-corrected chi connectivity index (χ3v) is 5.59. The summed E-state index contributed by atoms with van der Waals surface area (Å²) in [6, 6.07) is 10.6. The summed E-state index contributed by atoms with van der Waals surface area (Å²) >= 11 is 2.50. The smallest absolute Gasteiger partial charge is 0.237 e. The van der Waals surface area contributed by atoms with Crippen LogP contribution in [0.5, 0.6) is 0 Å². The van der Waals surface area contributed by atoms with E-state index in [4.69, 9.17) is 0 Å². The Hall–Kier alpha value is -2.52. The van der Waals surface area contributed by atoms with Crippen molar-refractivity contribution in [1.29, 1.82) is 0 Å². The second kappa shape index (κ2) is 8.45. The third-order valence-electron chi connectivity index (χ3n) is 3.57. The third kappa shape index (κ3) is 5.24. The van der Waals surface area contributed by atoms with E-state index in [9.17, 15) is 13.6 Å². The van der Waals surface area contributed by atoms with Gasteiger partial charge in [0.15, 0.2) is 4.34 Å². The van der Waals surface area contributed by atoms with Gasteiger partial charge in [-0.05, 0) is 49.7 Å². The molecule has 0 spiro atoms. The molecule has 2 aromatic carbocycles. The fraction of sp³-hybridized carbons (Fsp3) is 0.167. The molecule has 1 aromatic heterocycles. The van der Waals surface area contributed by atoms with Crippen molar-refractivity contribution in [2.75, 3.05) is 10.6 Å². The van der Waals surface area contributed by atoms with Gasteiger partial charge in [-0.1, -0.05) is 35.2 Å². The summed E-state index contributed by atoms with van der Waals surface area (Å²) < 4.78 is 27.4. The van der Waals surface area contributed by atoms with E-state index in [2.05, 4.69) is 20.8 Å². The molecule has 0 unspecified atom stereocenters. The van der Waals surface area contributed by atoms with Crippen LogP contribution in [-0.2, 0) is 4.79 Å². The number of nitrogens with one attached hydrogen (secondary N) is 2. The van der Waals surface area contributed by atoms with Gasteiger partial charge in [0.1, 0.15) is 11.6 Å². The first kappa shape index (κ1) is 19.2. The Kier molecular flexibility index (Phi) is 6.02. The molecule has 3 rings (SSSR count). The lowest BCUT2D eigenvalue weighted by Crippen LogP contribution is -2.22. The van der Waals surface area contributed by atoms with Crippen LogP contribution in [-0.4, -0.2) is 21.4 Å². The first-order valence-corrected chi connectivity index (χ1v) is 9.70. The molecule has 0 saturated heterocycles. The number of benzene rings is 2. The number of amides is 1. The van der Waals surface area contributed by atoms with Gasteiger partial charge in [-0.3, -0.25) is 4.79 Å². The molecule has 2 N–H and O–H groups in total. The lowest BCUT2D eigenvalue weighted by molar-refractivity contribution is -0.115. The quantitative estimate of drug-likeness (QED) is 0.565. The number of rotatable bonds is 6. The maximum absolute atomic E-state index is 13.6. The second-order valence-electron chi connectivity index (χ2n) is 5.72. The van der Waals surface area contributed by atoms with E-state index < -0.39 is 5.25 Å². The Bertz CT molecular complexity index is 964. The van der Waals surface area contributed by atoms with E-state index in [0.29, 0.717) is 26.4 Å². The van der Waals surface area contributed by atoms with E-state index in [1.165, 1.54) is 41.3 Å². The van der Waals surface area contributed by atoms with Gasteiger partial charge in [-0.25, -0.2) is 8.78 Å². The van der Waals surface area contributed by atoms with E-state index in [1.54, 1.807) is 38.1 Å². The topological polar surface area (TPSA) is 66.9 Å². The summed E-state index contributed by atoms with van der Waals surface area (Å²) in [4.78, 5) is 12.3. The Morgan fingerprint density at radius 2 is 1.96 bits per heavy atom. The minimum Gasteiger partial charge on any atom is -0.330 e. The van der Waals surface area contributed by atoms with Crippen LogP contribution in [0.25, 0.3) is 0 Å². The van der Waals surface area contributed by atoms with Gasteiger partial charge >= 0.3 is 0 Å². The number of hydrogen-bond acceptors (Lipinski definition) is 6. The van der Waals surface area contributed by atoms with Gasteiger partial charge in [0.05, 0.1) is 5.25 Å². The number of carbonyl (C=O) groups is 1. The molecule has 0 aliphatic heterocycles. The monoisotopic (exact) mass is 406 g/mol. The molecule has 27 heavy (non-hydrogen) atoms. The van der Waals surface area contributed by atoms with Crippen molar-refractivity contribution in [3.8, 4) is 0 Å². The molecule has 0 aliphatic rings. The zero-order valence-electron chi connectivity index (χ0n) is 14.5.